The molecule has 108 valence electrons. The minimum atomic E-state index is -0.466. The largest absolute Gasteiger partial charge is 0.468 e. The van der Waals surface area contributed by atoms with Gasteiger partial charge in [-0.2, -0.15) is 0 Å². The van der Waals surface area contributed by atoms with Gasteiger partial charge in [0.15, 0.2) is 0 Å². The molecular formula is C14H17NO4S. The van der Waals surface area contributed by atoms with E-state index in [1.54, 1.807) is 11.4 Å². The number of carbonyl (C=O) groups excluding carboxylic acids is 2. The zero-order valence-electron chi connectivity index (χ0n) is 11.7. The molecule has 1 heterocycles. The number of amides is 1. The maximum absolute atomic E-state index is 12.5. The second-order valence-electron chi connectivity index (χ2n) is 4.23. The van der Waals surface area contributed by atoms with Crippen molar-refractivity contribution in [1.29, 1.82) is 0 Å². The third-order valence-electron chi connectivity index (χ3n) is 2.57. The molecule has 0 aromatic carbocycles. The molecule has 0 unspecified atom stereocenters. The van der Waals surface area contributed by atoms with Gasteiger partial charge >= 0.3 is 5.97 Å². The first-order valence-electron chi connectivity index (χ1n) is 6.06. The molecule has 0 saturated heterocycles. The minimum Gasteiger partial charge on any atom is -0.468 e. The quantitative estimate of drug-likeness (QED) is 0.667. The van der Waals surface area contributed by atoms with Crippen LogP contribution in [0.5, 0.6) is 0 Å². The van der Waals surface area contributed by atoms with Crippen molar-refractivity contribution < 1.29 is 19.4 Å². The van der Waals surface area contributed by atoms with Crippen molar-refractivity contribution in [1.82, 2.24) is 4.90 Å². The van der Waals surface area contributed by atoms with Crippen LogP contribution < -0.4 is 0 Å². The van der Waals surface area contributed by atoms with Gasteiger partial charge < -0.3 is 14.7 Å². The summed E-state index contributed by atoms with van der Waals surface area (Å²) in [7, 11) is 1.29. The lowest BCUT2D eigenvalue weighted by atomic mass is 10.2. The summed E-state index contributed by atoms with van der Waals surface area (Å²) in [5, 5.41) is 10.5. The first kappa shape index (κ1) is 16.2. The fourth-order valence-electron chi connectivity index (χ4n) is 1.53. The average molecular weight is 295 g/mol. The van der Waals surface area contributed by atoms with Crippen LogP contribution >= 0.6 is 11.3 Å². The summed E-state index contributed by atoms with van der Waals surface area (Å²) >= 11 is 1.26. The minimum absolute atomic E-state index is 0.0994. The Morgan fingerprint density at radius 3 is 2.75 bits per heavy atom. The lowest BCUT2D eigenvalue weighted by Gasteiger charge is -2.25. The maximum Gasteiger partial charge on any atom is 0.325 e. The zero-order chi connectivity index (χ0) is 15.1. The highest BCUT2D eigenvalue weighted by atomic mass is 32.1. The van der Waals surface area contributed by atoms with Crippen LogP contribution in [0.1, 0.15) is 29.1 Å². The van der Waals surface area contributed by atoms with Crippen molar-refractivity contribution in [2.45, 2.75) is 19.9 Å². The van der Waals surface area contributed by atoms with Gasteiger partial charge in [-0.1, -0.05) is 11.8 Å². The highest BCUT2D eigenvalue weighted by Gasteiger charge is 2.24. The van der Waals surface area contributed by atoms with Gasteiger partial charge in [0, 0.05) is 11.6 Å². The molecule has 1 amide bonds. The van der Waals surface area contributed by atoms with Gasteiger partial charge in [0.1, 0.15) is 18.0 Å². The number of methoxy groups -OCH3 is 1. The monoisotopic (exact) mass is 295 g/mol. The van der Waals surface area contributed by atoms with Crippen molar-refractivity contribution in [2.24, 2.45) is 0 Å². The van der Waals surface area contributed by atoms with E-state index < -0.39 is 5.97 Å². The summed E-state index contributed by atoms with van der Waals surface area (Å²) in [5.41, 5.74) is 0.560. The van der Waals surface area contributed by atoms with Gasteiger partial charge in [-0.3, -0.25) is 9.59 Å². The zero-order valence-corrected chi connectivity index (χ0v) is 12.5. The Labute approximate surface area is 122 Å². The highest BCUT2D eigenvalue weighted by Crippen LogP contribution is 2.19. The van der Waals surface area contributed by atoms with Crippen LogP contribution in [0.25, 0.3) is 0 Å². The molecule has 0 aliphatic heterocycles. The van der Waals surface area contributed by atoms with Gasteiger partial charge in [0.2, 0.25) is 0 Å². The first-order valence-corrected chi connectivity index (χ1v) is 6.94. The Morgan fingerprint density at radius 1 is 1.50 bits per heavy atom. The molecule has 1 aromatic heterocycles. The Morgan fingerprint density at radius 2 is 2.20 bits per heavy atom. The number of aliphatic hydroxyl groups is 1. The lowest BCUT2D eigenvalue weighted by molar-refractivity contribution is -0.141. The molecule has 0 aliphatic carbocycles. The van der Waals surface area contributed by atoms with Gasteiger partial charge in [0.05, 0.1) is 7.11 Å². The van der Waals surface area contributed by atoms with E-state index in [9.17, 15) is 9.59 Å². The fourth-order valence-corrected chi connectivity index (χ4v) is 2.34. The van der Waals surface area contributed by atoms with E-state index in [0.717, 1.165) is 0 Å². The molecular weight excluding hydrogens is 278 g/mol. The van der Waals surface area contributed by atoms with E-state index in [2.05, 4.69) is 16.6 Å². The number of thiophene rings is 1. The van der Waals surface area contributed by atoms with Crippen LogP contribution in [0.3, 0.4) is 0 Å². The number of hydrogen-bond acceptors (Lipinski definition) is 5. The standard InChI is InChI=1S/C14H17NO4S/c1-10(2)15(9-12(17)19-3)14(18)13-11(5-4-7-16)6-8-20-13/h6,8,10,16H,7,9H2,1-3H3. The maximum atomic E-state index is 12.5. The molecule has 0 radical (unpaired) electrons. The van der Waals surface area contributed by atoms with Gasteiger partial charge in [-0.05, 0) is 25.3 Å². The normalized spacial score (nSPS) is 9.85. The molecule has 0 saturated carbocycles. The van der Waals surface area contributed by atoms with E-state index in [0.29, 0.717) is 10.4 Å². The highest BCUT2D eigenvalue weighted by molar-refractivity contribution is 7.12. The molecule has 0 atom stereocenters. The first-order chi connectivity index (χ1) is 9.51. The smallest absolute Gasteiger partial charge is 0.325 e. The van der Waals surface area contributed by atoms with Crippen LogP contribution in [-0.2, 0) is 9.53 Å². The molecule has 0 bridgehead atoms. The Kier molecular flexibility index (Phi) is 6.22. The molecule has 6 heteroatoms. The predicted octanol–water partition coefficient (Wildman–Crippen LogP) is 1.12. The summed E-state index contributed by atoms with van der Waals surface area (Å²) < 4.78 is 4.60. The molecule has 0 fully saturated rings. The second-order valence-corrected chi connectivity index (χ2v) is 5.14. The third kappa shape index (κ3) is 4.08. The Bertz CT molecular complexity index is 539. The van der Waals surface area contributed by atoms with E-state index in [-0.39, 0.29) is 25.1 Å². The number of hydrogen-bond donors (Lipinski definition) is 1. The van der Waals surface area contributed by atoms with E-state index in [1.165, 1.54) is 23.3 Å². The Hall–Kier alpha value is -1.84. The van der Waals surface area contributed by atoms with Crippen molar-refractivity contribution >= 4 is 23.2 Å². The molecule has 0 aliphatic rings. The summed E-state index contributed by atoms with van der Waals surface area (Å²) in [6.45, 7) is 3.29. The molecule has 20 heavy (non-hydrogen) atoms. The number of nitrogens with zero attached hydrogens (tertiary/aromatic N) is 1. The number of carbonyl (C=O) groups is 2. The number of ether oxygens (including phenoxy) is 1. The summed E-state index contributed by atoms with van der Waals surface area (Å²) in [6, 6.07) is 1.58. The molecule has 1 N–H and O–H groups in total. The van der Waals surface area contributed by atoms with Crippen molar-refractivity contribution in [3.63, 3.8) is 0 Å². The number of esters is 1. The van der Waals surface area contributed by atoms with Crippen molar-refractivity contribution in [3.8, 4) is 11.8 Å². The van der Waals surface area contributed by atoms with E-state index in [1.807, 2.05) is 13.8 Å². The Balaban J connectivity index is 3.01. The second kappa shape index (κ2) is 7.68. The van der Waals surface area contributed by atoms with Crippen LogP contribution in [0.4, 0.5) is 0 Å². The summed E-state index contributed by atoms with van der Waals surface area (Å²) in [5.74, 6) is 4.52. The van der Waals surface area contributed by atoms with Crippen LogP contribution in [0, 0.1) is 11.8 Å². The molecule has 0 spiro atoms. The lowest BCUT2D eigenvalue weighted by Crippen LogP contribution is -2.41. The van der Waals surface area contributed by atoms with E-state index in [4.69, 9.17) is 5.11 Å². The third-order valence-corrected chi connectivity index (χ3v) is 3.48. The summed E-state index contributed by atoms with van der Waals surface area (Å²) in [4.78, 5) is 25.8. The molecule has 5 nitrogen and oxygen atoms in total. The summed E-state index contributed by atoms with van der Waals surface area (Å²) in [6.07, 6.45) is 0. The van der Waals surface area contributed by atoms with Crippen molar-refractivity contribution in [3.05, 3.63) is 21.9 Å². The van der Waals surface area contributed by atoms with Gasteiger partial charge in [0.25, 0.3) is 5.91 Å². The number of aliphatic hydroxyl groups excluding tert-OH is 1. The van der Waals surface area contributed by atoms with Gasteiger partial charge in [-0.25, -0.2) is 0 Å². The van der Waals surface area contributed by atoms with Crippen LogP contribution in [-0.4, -0.2) is 48.2 Å². The predicted molar refractivity (Wildman–Crippen MR) is 76.5 cm³/mol. The topological polar surface area (TPSA) is 66.8 Å². The van der Waals surface area contributed by atoms with Crippen molar-refractivity contribution in [2.75, 3.05) is 20.3 Å². The fraction of sp³-hybridized carbons (Fsp3) is 0.429. The molecule has 1 rings (SSSR count). The van der Waals surface area contributed by atoms with Gasteiger partial charge in [-0.15, -0.1) is 11.3 Å². The van der Waals surface area contributed by atoms with E-state index >= 15 is 0 Å². The average Bonchev–Trinajstić information content (AvgIpc) is 2.89. The molecule has 1 aromatic rings. The SMILES string of the molecule is COC(=O)CN(C(=O)c1sccc1C#CCO)C(C)C. The number of rotatable bonds is 4. The van der Waals surface area contributed by atoms with Crippen LogP contribution in [0.2, 0.25) is 0 Å². The van der Waals surface area contributed by atoms with Crippen LogP contribution in [0.15, 0.2) is 11.4 Å².